The number of aromatic nitrogens is 4. The third-order valence-corrected chi connectivity index (χ3v) is 9.61. The van der Waals surface area contributed by atoms with Crippen molar-refractivity contribution in [3.05, 3.63) is 180 Å². The summed E-state index contributed by atoms with van der Waals surface area (Å²) >= 11 is 0. The Kier molecular flexibility index (Phi) is 5.17. The molecule has 214 valence electrons. The fraction of sp³-hybridized carbons (Fsp3) is 0.0238. The lowest BCUT2D eigenvalue weighted by molar-refractivity contribution is 0.739. The third kappa shape index (κ3) is 3.30. The molecule has 1 aliphatic heterocycles. The number of nitrogens with zero attached hydrogens (tertiary/aromatic N) is 4. The highest BCUT2D eigenvalue weighted by Gasteiger charge is 2.55. The van der Waals surface area contributed by atoms with Crippen molar-refractivity contribution >= 4 is 11.0 Å². The number of fused-ring (bicyclic) bond motifs is 12. The smallest absolute Gasteiger partial charge is 0.160 e. The number of para-hydroxylation sites is 2. The van der Waals surface area contributed by atoms with Gasteiger partial charge in [0.25, 0.3) is 0 Å². The van der Waals surface area contributed by atoms with Gasteiger partial charge in [-0.1, -0.05) is 133 Å². The monoisotopic (exact) mass is 586 g/mol. The van der Waals surface area contributed by atoms with Crippen molar-refractivity contribution in [2.24, 2.45) is 0 Å². The SMILES string of the molecule is c1ccc(-c2cc(-c3cccc4c3C3(c5ccccc5-c5ccccc53)c3nc5ccccc5n3-4)nc(-c3ccccc3)n2)cc1. The zero-order chi connectivity index (χ0) is 30.2. The highest BCUT2D eigenvalue weighted by Crippen LogP contribution is 2.62. The van der Waals surface area contributed by atoms with Gasteiger partial charge in [0, 0.05) is 22.3 Å². The molecule has 0 saturated heterocycles. The van der Waals surface area contributed by atoms with E-state index in [1.807, 2.05) is 24.3 Å². The van der Waals surface area contributed by atoms with Gasteiger partial charge in [0.05, 0.1) is 28.1 Å². The summed E-state index contributed by atoms with van der Waals surface area (Å²) in [6.45, 7) is 0. The van der Waals surface area contributed by atoms with E-state index in [2.05, 4.69) is 138 Å². The van der Waals surface area contributed by atoms with Crippen LogP contribution in [0, 0.1) is 0 Å². The maximum atomic E-state index is 5.44. The van der Waals surface area contributed by atoms with Gasteiger partial charge in [-0.05, 0) is 46.5 Å². The second kappa shape index (κ2) is 9.43. The Bertz CT molecular complexity index is 2370. The zero-order valence-corrected chi connectivity index (χ0v) is 24.8. The summed E-state index contributed by atoms with van der Waals surface area (Å²) in [5.74, 6) is 1.73. The highest BCUT2D eigenvalue weighted by molar-refractivity contribution is 5.94. The van der Waals surface area contributed by atoms with Crippen LogP contribution in [0.2, 0.25) is 0 Å². The Hall–Kier alpha value is -6.13. The first-order valence-corrected chi connectivity index (χ1v) is 15.6. The number of rotatable bonds is 3. The molecule has 2 aromatic heterocycles. The van der Waals surface area contributed by atoms with Gasteiger partial charge >= 0.3 is 0 Å². The van der Waals surface area contributed by atoms with Crippen LogP contribution >= 0.6 is 0 Å². The van der Waals surface area contributed by atoms with Crippen LogP contribution in [0.25, 0.3) is 61.8 Å². The molecule has 1 aliphatic carbocycles. The van der Waals surface area contributed by atoms with Crippen molar-refractivity contribution in [3.8, 4) is 50.7 Å². The van der Waals surface area contributed by atoms with Gasteiger partial charge in [-0.15, -0.1) is 0 Å². The quantitative estimate of drug-likeness (QED) is 0.207. The third-order valence-electron chi connectivity index (χ3n) is 9.61. The van der Waals surface area contributed by atoms with Crippen LogP contribution in [0.1, 0.15) is 22.5 Å². The predicted molar refractivity (Wildman–Crippen MR) is 184 cm³/mol. The van der Waals surface area contributed by atoms with Crippen molar-refractivity contribution < 1.29 is 0 Å². The van der Waals surface area contributed by atoms with E-state index >= 15 is 0 Å². The molecular weight excluding hydrogens is 560 g/mol. The fourth-order valence-corrected chi connectivity index (χ4v) is 7.77. The van der Waals surface area contributed by atoms with Gasteiger partial charge < -0.3 is 0 Å². The minimum atomic E-state index is -0.622. The van der Waals surface area contributed by atoms with Crippen LogP contribution < -0.4 is 0 Å². The van der Waals surface area contributed by atoms with E-state index < -0.39 is 5.41 Å². The highest BCUT2D eigenvalue weighted by atomic mass is 15.1. The summed E-state index contributed by atoms with van der Waals surface area (Å²) in [4.78, 5) is 15.8. The Morgan fingerprint density at radius 1 is 0.457 bits per heavy atom. The van der Waals surface area contributed by atoms with Crippen molar-refractivity contribution in [2.45, 2.75) is 5.41 Å². The summed E-state index contributed by atoms with van der Waals surface area (Å²) in [5.41, 5.74) is 13.7. The summed E-state index contributed by atoms with van der Waals surface area (Å²) in [5, 5.41) is 0. The second-order valence-electron chi connectivity index (χ2n) is 12.0. The first-order valence-electron chi connectivity index (χ1n) is 15.6. The molecule has 0 radical (unpaired) electrons. The van der Waals surface area contributed by atoms with Gasteiger partial charge in [0.2, 0.25) is 0 Å². The molecule has 0 saturated carbocycles. The molecule has 1 spiro atoms. The van der Waals surface area contributed by atoms with Crippen LogP contribution in [-0.4, -0.2) is 19.5 Å². The van der Waals surface area contributed by atoms with Gasteiger partial charge in [-0.2, -0.15) is 0 Å². The lowest BCUT2D eigenvalue weighted by atomic mass is 9.71. The molecule has 3 heterocycles. The molecule has 2 aliphatic rings. The van der Waals surface area contributed by atoms with Crippen LogP contribution in [0.3, 0.4) is 0 Å². The van der Waals surface area contributed by atoms with E-state index in [9.17, 15) is 0 Å². The molecule has 0 unspecified atom stereocenters. The average molecular weight is 587 g/mol. The Balaban J connectivity index is 1.35. The Morgan fingerprint density at radius 2 is 1.04 bits per heavy atom. The molecule has 0 fully saturated rings. The van der Waals surface area contributed by atoms with E-state index in [-0.39, 0.29) is 0 Å². The van der Waals surface area contributed by atoms with E-state index in [0.29, 0.717) is 5.82 Å². The summed E-state index contributed by atoms with van der Waals surface area (Å²) in [6, 6.07) is 55.6. The van der Waals surface area contributed by atoms with Gasteiger partial charge in [0.15, 0.2) is 5.82 Å². The number of hydrogen-bond donors (Lipinski definition) is 0. The lowest BCUT2D eigenvalue weighted by Crippen LogP contribution is -2.28. The van der Waals surface area contributed by atoms with Gasteiger partial charge in [-0.3, -0.25) is 4.57 Å². The normalized spacial score (nSPS) is 13.4. The van der Waals surface area contributed by atoms with Gasteiger partial charge in [-0.25, -0.2) is 15.0 Å². The molecule has 0 bridgehead atoms. The predicted octanol–water partition coefficient (Wildman–Crippen LogP) is 9.49. The topological polar surface area (TPSA) is 43.6 Å². The average Bonchev–Trinajstić information content (AvgIpc) is 3.76. The molecule has 10 rings (SSSR count). The molecule has 0 amide bonds. The first-order chi connectivity index (χ1) is 22.8. The summed E-state index contributed by atoms with van der Waals surface area (Å²) < 4.78 is 2.38. The van der Waals surface area contributed by atoms with Crippen LogP contribution in [0.15, 0.2) is 158 Å². The largest absolute Gasteiger partial charge is 0.295 e. The molecule has 4 heteroatoms. The maximum absolute atomic E-state index is 5.44. The molecule has 8 aromatic rings. The summed E-state index contributed by atoms with van der Waals surface area (Å²) in [7, 11) is 0. The number of imidazole rings is 1. The summed E-state index contributed by atoms with van der Waals surface area (Å²) in [6.07, 6.45) is 0. The molecular formula is C42H26N4. The van der Waals surface area contributed by atoms with E-state index in [4.69, 9.17) is 15.0 Å². The minimum absolute atomic E-state index is 0.622. The van der Waals surface area contributed by atoms with Crippen molar-refractivity contribution in [3.63, 3.8) is 0 Å². The minimum Gasteiger partial charge on any atom is -0.295 e. The first kappa shape index (κ1) is 25.2. The fourth-order valence-electron chi connectivity index (χ4n) is 7.77. The molecule has 6 aromatic carbocycles. The standard InChI is InChI=1S/C42H26N4/c1-3-14-27(15-4-1)35-26-36(44-40(43-35)28-16-5-2-6-17-28)31-20-13-25-38-39(31)42(41-45-34-23-11-12-24-37(34)46(38)41)32-21-9-7-18-29(32)30-19-8-10-22-33(30)42/h1-26H. The van der Waals surface area contributed by atoms with Crippen LogP contribution in [-0.2, 0) is 5.41 Å². The molecule has 0 atom stereocenters. The van der Waals surface area contributed by atoms with Crippen molar-refractivity contribution in [1.82, 2.24) is 19.5 Å². The second-order valence-corrected chi connectivity index (χ2v) is 12.0. The molecule has 4 nitrogen and oxygen atoms in total. The van der Waals surface area contributed by atoms with E-state index in [1.165, 1.54) is 27.8 Å². The number of hydrogen-bond acceptors (Lipinski definition) is 3. The Labute approximate surface area is 266 Å². The van der Waals surface area contributed by atoms with Crippen molar-refractivity contribution in [1.29, 1.82) is 0 Å². The Morgan fingerprint density at radius 3 is 1.78 bits per heavy atom. The van der Waals surface area contributed by atoms with Crippen LogP contribution in [0.4, 0.5) is 0 Å². The van der Waals surface area contributed by atoms with Crippen molar-refractivity contribution in [2.75, 3.05) is 0 Å². The lowest BCUT2D eigenvalue weighted by Gasteiger charge is -2.29. The maximum Gasteiger partial charge on any atom is 0.160 e. The van der Waals surface area contributed by atoms with E-state index in [0.717, 1.165) is 50.6 Å². The van der Waals surface area contributed by atoms with E-state index in [1.54, 1.807) is 0 Å². The molecule has 0 N–H and O–H groups in total. The van der Waals surface area contributed by atoms with Crippen LogP contribution in [0.5, 0.6) is 0 Å². The van der Waals surface area contributed by atoms with Gasteiger partial charge in [0.1, 0.15) is 11.2 Å². The zero-order valence-electron chi connectivity index (χ0n) is 24.8. The molecule has 46 heavy (non-hydrogen) atoms. The number of benzene rings is 6.